The first-order valence-corrected chi connectivity index (χ1v) is 10.3. The number of hydrogen-bond acceptors (Lipinski definition) is 6. The van der Waals surface area contributed by atoms with Crippen molar-refractivity contribution in [1.82, 2.24) is 10.3 Å². The Labute approximate surface area is 138 Å². The molecular formula is C14H19N3O4S2. The van der Waals surface area contributed by atoms with E-state index < -0.39 is 9.84 Å². The molecule has 4 rings (SSSR count). The zero-order valence-corrected chi connectivity index (χ0v) is 14.6. The molecule has 1 aliphatic carbocycles. The molecule has 2 amide bonds. The Morgan fingerprint density at radius 3 is 2.87 bits per heavy atom. The van der Waals surface area contributed by atoms with Crippen LogP contribution in [0.3, 0.4) is 0 Å². The van der Waals surface area contributed by atoms with Gasteiger partial charge in [-0.2, -0.15) is 0 Å². The standard InChI is InChI=1S/C14H19N3O4S2/c1-13(2)14(5-8(14)6-21-13)17-11(18)16-12-15-9-3-4-23(19,20)7-10(9)22-12/h8H,3-7H2,1-2H3,(H2,15,16,17,18). The SMILES string of the molecule is CC1(C)OCC2CC21NC(=O)Nc1nc2c(s1)CS(=O)(=O)CC2. The van der Waals surface area contributed by atoms with Crippen LogP contribution in [-0.4, -0.2) is 42.9 Å². The van der Waals surface area contributed by atoms with Crippen molar-refractivity contribution >= 4 is 32.3 Å². The minimum Gasteiger partial charge on any atom is -0.373 e. The largest absolute Gasteiger partial charge is 0.373 e. The van der Waals surface area contributed by atoms with Crippen LogP contribution in [0.15, 0.2) is 0 Å². The third-order valence-electron chi connectivity index (χ3n) is 5.16. The van der Waals surface area contributed by atoms with E-state index in [-0.39, 0.29) is 28.7 Å². The van der Waals surface area contributed by atoms with Crippen molar-refractivity contribution in [1.29, 1.82) is 0 Å². The van der Waals surface area contributed by atoms with Crippen molar-refractivity contribution in [3.8, 4) is 0 Å². The van der Waals surface area contributed by atoms with E-state index >= 15 is 0 Å². The predicted molar refractivity (Wildman–Crippen MR) is 86.3 cm³/mol. The van der Waals surface area contributed by atoms with Gasteiger partial charge in [-0.1, -0.05) is 0 Å². The lowest BCUT2D eigenvalue weighted by molar-refractivity contribution is -0.00667. The van der Waals surface area contributed by atoms with Gasteiger partial charge in [0.1, 0.15) is 0 Å². The Hall–Kier alpha value is -1.19. The summed E-state index contributed by atoms with van der Waals surface area (Å²) < 4.78 is 29.0. The van der Waals surface area contributed by atoms with Crippen LogP contribution in [0.5, 0.6) is 0 Å². The first-order valence-electron chi connectivity index (χ1n) is 7.63. The second-order valence-electron chi connectivity index (χ2n) is 7.00. The normalized spacial score (nSPS) is 32.7. The number of carbonyl (C=O) groups is 1. The Morgan fingerprint density at radius 1 is 1.43 bits per heavy atom. The van der Waals surface area contributed by atoms with E-state index in [2.05, 4.69) is 15.6 Å². The summed E-state index contributed by atoms with van der Waals surface area (Å²) in [4.78, 5) is 17.4. The van der Waals surface area contributed by atoms with Gasteiger partial charge >= 0.3 is 6.03 Å². The lowest BCUT2D eigenvalue weighted by Gasteiger charge is -2.30. The molecule has 3 aliphatic rings. The van der Waals surface area contributed by atoms with Crippen LogP contribution in [0.25, 0.3) is 0 Å². The van der Waals surface area contributed by atoms with Gasteiger partial charge in [0.25, 0.3) is 0 Å². The van der Waals surface area contributed by atoms with Gasteiger partial charge in [-0.25, -0.2) is 18.2 Å². The summed E-state index contributed by atoms with van der Waals surface area (Å²) in [6.07, 6.45) is 1.35. The number of urea groups is 1. The molecule has 2 atom stereocenters. The molecular weight excluding hydrogens is 338 g/mol. The van der Waals surface area contributed by atoms with Crippen LogP contribution < -0.4 is 10.6 Å². The van der Waals surface area contributed by atoms with Crippen molar-refractivity contribution in [2.75, 3.05) is 17.7 Å². The van der Waals surface area contributed by atoms with Crippen molar-refractivity contribution in [3.63, 3.8) is 0 Å². The molecule has 1 aromatic heterocycles. The van der Waals surface area contributed by atoms with E-state index in [0.717, 1.165) is 17.0 Å². The molecule has 0 bridgehead atoms. The van der Waals surface area contributed by atoms with Crippen LogP contribution in [0.1, 0.15) is 30.8 Å². The third-order valence-corrected chi connectivity index (χ3v) is 7.91. The molecule has 2 unspecified atom stereocenters. The van der Waals surface area contributed by atoms with Crippen molar-refractivity contribution in [3.05, 3.63) is 10.6 Å². The number of thiazole rings is 1. The summed E-state index contributed by atoms with van der Waals surface area (Å²) in [6, 6.07) is -0.306. The van der Waals surface area contributed by atoms with Crippen molar-refractivity contribution in [2.24, 2.45) is 5.92 Å². The van der Waals surface area contributed by atoms with Crippen LogP contribution >= 0.6 is 11.3 Å². The number of aryl methyl sites for hydroxylation is 1. The summed E-state index contributed by atoms with van der Waals surface area (Å²) in [5, 5.41) is 6.24. The highest BCUT2D eigenvalue weighted by Crippen LogP contribution is 2.57. The number of ether oxygens (including phenoxy) is 1. The lowest BCUT2D eigenvalue weighted by Crippen LogP contribution is -2.52. The number of amides is 2. The molecule has 126 valence electrons. The number of rotatable bonds is 2. The number of anilines is 1. The summed E-state index contributed by atoms with van der Waals surface area (Å²) in [5.41, 5.74) is 0.120. The quantitative estimate of drug-likeness (QED) is 0.831. The van der Waals surface area contributed by atoms with Crippen molar-refractivity contribution < 1.29 is 17.9 Å². The second-order valence-corrected chi connectivity index (χ2v) is 10.3. The summed E-state index contributed by atoms with van der Waals surface area (Å²) in [7, 11) is -3.02. The molecule has 23 heavy (non-hydrogen) atoms. The van der Waals surface area contributed by atoms with E-state index in [0.29, 0.717) is 24.1 Å². The first-order chi connectivity index (χ1) is 10.7. The predicted octanol–water partition coefficient (Wildman–Crippen LogP) is 1.30. The number of fused-ring (bicyclic) bond motifs is 2. The van der Waals surface area contributed by atoms with Gasteiger partial charge in [0.2, 0.25) is 0 Å². The molecule has 9 heteroatoms. The van der Waals surface area contributed by atoms with Gasteiger partial charge in [0, 0.05) is 17.2 Å². The fourth-order valence-electron chi connectivity index (χ4n) is 3.61. The Kier molecular flexibility index (Phi) is 3.12. The van der Waals surface area contributed by atoms with E-state index in [1.165, 1.54) is 11.3 Å². The maximum atomic E-state index is 12.3. The average molecular weight is 357 g/mol. The highest BCUT2D eigenvalue weighted by atomic mass is 32.2. The average Bonchev–Trinajstić information content (AvgIpc) is 2.92. The number of hydrogen-bond donors (Lipinski definition) is 2. The van der Waals surface area contributed by atoms with Crippen LogP contribution in [0, 0.1) is 5.92 Å². The number of carbonyl (C=O) groups excluding carboxylic acids is 1. The van der Waals surface area contributed by atoms with Gasteiger partial charge in [-0.05, 0) is 20.3 Å². The smallest absolute Gasteiger partial charge is 0.321 e. The van der Waals surface area contributed by atoms with Crippen LogP contribution in [0.4, 0.5) is 9.93 Å². The van der Waals surface area contributed by atoms with Gasteiger partial charge in [-0.15, -0.1) is 11.3 Å². The number of aromatic nitrogens is 1. The number of sulfone groups is 1. The van der Waals surface area contributed by atoms with E-state index in [1.807, 2.05) is 13.8 Å². The molecule has 2 aliphatic heterocycles. The number of nitrogens with one attached hydrogen (secondary N) is 2. The highest BCUT2D eigenvalue weighted by Gasteiger charge is 2.69. The third kappa shape index (κ3) is 2.45. The molecule has 1 saturated heterocycles. The topological polar surface area (TPSA) is 97.4 Å². The molecule has 0 spiro atoms. The molecule has 2 fully saturated rings. The van der Waals surface area contributed by atoms with E-state index in [4.69, 9.17) is 4.74 Å². The van der Waals surface area contributed by atoms with Crippen LogP contribution in [0.2, 0.25) is 0 Å². The Morgan fingerprint density at radius 2 is 2.22 bits per heavy atom. The fourth-order valence-corrected chi connectivity index (χ4v) is 6.40. The van der Waals surface area contributed by atoms with E-state index in [9.17, 15) is 13.2 Å². The van der Waals surface area contributed by atoms with Crippen molar-refractivity contribution in [2.45, 2.75) is 43.6 Å². The summed E-state index contributed by atoms with van der Waals surface area (Å²) in [6.45, 7) is 4.66. The molecule has 0 radical (unpaired) electrons. The maximum Gasteiger partial charge on any atom is 0.321 e. The van der Waals surface area contributed by atoms with Gasteiger partial charge in [0.15, 0.2) is 15.0 Å². The molecule has 2 N–H and O–H groups in total. The minimum atomic E-state index is -3.02. The first kappa shape index (κ1) is 15.3. The molecule has 7 nitrogen and oxygen atoms in total. The van der Waals surface area contributed by atoms with Crippen LogP contribution in [-0.2, 0) is 26.7 Å². The molecule has 1 saturated carbocycles. The monoisotopic (exact) mass is 357 g/mol. The molecule has 3 heterocycles. The lowest BCUT2D eigenvalue weighted by atomic mass is 9.96. The number of nitrogens with zero attached hydrogens (tertiary/aromatic N) is 1. The van der Waals surface area contributed by atoms with E-state index in [1.54, 1.807) is 0 Å². The highest BCUT2D eigenvalue weighted by molar-refractivity contribution is 7.90. The molecule has 0 aromatic carbocycles. The van der Waals surface area contributed by atoms with Gasteiger partial charge < -0.3 is 10.1 Å². The second kappa shape index (κ2) is 4.67. The summed E-state index contributed by atoms with van der Waals surface area (Å²) >= 11 is 1.24. The zero-order chi connectivity index (χ0) is 16.5. The Bertz CT molecular complexity index is 786. The minimum absolute atomic E-state index is 0.0240. The summed E-state index contributed by atoms with van der Waals surface area (Å²) in [5.74, 6) is 0.528. The zero-order valence-electron chi connectivity index (χ0n) is 13.0. The maximum absolute atomic E-state index is 12.3. The molecule has 1 aromatic rings. The van der Waals surface area contributed by atoms with Gasteiger partial charge in [-0.3, -0.25) is 5.32 Å². The van der Waals surface area contributed by atoms with Gasteiger partial charge in [0.05, 0.1) is 34.9 Å². The Balaban J connectivity index is 1.46. The fraction of sp³-hybridized carbons (Fsp3) is 0.714.